The van der Waals surface area contributed by atoms with Gasteiger partial charge < -0.3 is 9.84 Å². The van der Waals surface area contributed by atoms with E-state index in [9.17, 15) is 9.90 Å². The first-order valence-corrected chi connectivity index (χ1v) is 6.11. The minimum absolute atomic E-state index is 0.511. The van der Waals surface area contributed by atoms with Gasteiger partial charge in [-0.25, -0.2) is 0 Å². The first-order valence-electron chi connectivity index (χ1n) is 5.29. The van der Waals surface area contributed by atoms with Crippen LogP contribution >= 0.6 is 11.3 Å². The average molecular weight is 241 g/mol. The second-order valence-corrected chi connectivity index (χ2v) is 5.16. The Morgan fingerprint density at radius 3 is 2.69 bits per heavy atom. The number of aryl methyl sites for hydroxylation is 1. The molecule has 2 heterocycles. The standard InChI is InChI=1S/C11H15NO3S/c1-8-2-3-9(16-8)10(11(13)14)12-4-6-15-7-5-12/h2-3,10H,4-7H2,1H3,(H,13,14). The van der Waals surface area contributed by atoms with Gasteiger partial charge in [-0.05, 0) is 19.1 Å². The summed E-state index contributed by atoms with van der Waals surface area (Å²) in [7, 11) is 0. The van der Waals surface area contributed by atoms with Gasteiger partial charge in [0.05, 0.1) is 13.2 Å². The average Bonchev–Trinajstić information content (AvgIpc) is 2.66. The van der Waals surface area contributed by atoms with E-state index in [1.807, 2.05) is 24.0 Å². The molecule has 0 aromatic carbocycles. The Morgan fingerprint density at radius 1 is 1.50 bits per heavy atom. The molecule has 1 atom stereocenters. The molecule has 0 saturated carbocycles. The van der Waals surface area contributed by atoms with E-state index in [0.29, 0.717) is 26.3 Å². The molecule has 1 N–H and O–H groups in total. The SMILES string of the molecule is Cc1ccc(C(C(=O)O)N2CCOCC2)s1. The lowest BCUT2D eigenvalue weighted by Gasteiger charge is -2.31. The highest BCUT2D eigenvalue weighted by Gasteiger charge is 2.29. The summed E-state index contributed by atoms with van der Waals surface area (Å²) in [6.07, 6.45) is 0. The van der Waals surface area contributed by atoms with Crippen LogP contribution in [0.1, 0.15) is 15.8 Å². The van der Waals surface area contributed by atoms with Crippen molar-refractivity contribution in [2.24, 2.45) is 0 Å². The Bertz CT molecular complexity index is 371. The highest BCUT2D eigenvalue weighted by molar-refractivity contribution is 7.12. The highest BCUT2D eigenvalue weighted by Crippen LogP contribution is 2.28. The van der Waals surface area contributed by atoms with Gasteiger partial charge in [-0.3, -0.25) is 9.69 Å². The lowest BCUT2D eigenvalue weighted by molar-refractivity contribution is -0.145. The highest BCUT2D eigenvalue weighted by atomic mass is 32.1. The Morgan fingerprint density at radius 2 is 2.19 bits per heavy atom. The normalized spacial score (nSPS) is 19.6. The molecule has 1 aliphatic heterocycles. The number of morpholine rings is 1. The molecule has 4 nitrogen and oxygen atoms in total. The Balaban J connectivity index is 2.19. The van der Waals surface area contributed by atoms with Gasteiger partial charge in [0.25, 0.3) is 0 Å². The monoisotopic (exact) mass is 241 g/mol. The molecule has 1 saturated heterocycles. The van der Waals surface area contributed by atoms with Crippen LogP contribution in [-0.4, -0.2) is 42.3 Å². The number of rotatable bonds is 3. The van der Waals surface area contributed by atoms with E-state index in [1.54, 1.807) is 11.3 Å². The second kappa shape index (κ2) is 4.95. The number of hydrogen-bond donors (Lipinski definition) is 1. The van der Waals surface area contributed by atoms with Gasteiger partial charge in [0, 0.05) is 22.8 Å². The van der Waals surface area contributed by atoms with Crippen LogP contribution in [0.15, 0.2) is 12.1 Å². The van der Waals surface area contributed by atoms with Crippen molar-refractivity contribution in [3.8, 4) is 0 Å². The van der Waals surface area contributed by atoms with Crippen molar-refractivity contribution in [1.82, 2.24) is 4.90 Å². The Kier molecular flexibility index (Phi) is 3.58. The number of nitrogens with zero attached hydrogens (tertiary/aromatic N) is 1. The van der Waals surface area contributed by atoms with Crippen molar-refractivity contribution in [2.45, 2.75) is 13.0 Å². The quantitative estimate of drug-likeness (QED) is 0.871. The molecule has 1 aliphatic rings. The fraction of sp³-hybridized carbons (Fsp3) is 0.545. The van der Waals surface area contributed by atoms with Crippen molar-refractivity contribution in [2.75, 3.05) is 26.3 Å². The first-order chi connectivity index (χ1) is 7.68. The number of ether oxygens (including phenoxy) is 1. The number of carboxylic acid groups (broad SMARTS) is 1. The summed E-state index contributed by atoms with van der Waals surface area (Å²) in [5.41, 5.74) is 0. The molecule has 0 spiro atoms. The van der Waals surface area contributed by atoms with Crippen molar-refractivity contribution in [3.63, 3.8) is 0 Å². The summed E-state index contributed by atoms with van der Waals surface area (Å²) in [4.78, 5) is 15.4. The molecule has 1 fully saturated rings. The number of aliphatic carboxylic acids is 1. The van der Waals surface area contributed by atoms with E-state index in [-0.39, 0.29) is 0 Å². The zero-order valence-electron chi connectivity index (χ0n) is 9.18. The summed E-state index contributed by atoms with van der Waals surface area (Å²) < 4.78 is 5.24. The van der Waals surface area contributed by atoms with Gasteiger partial charge in [-0.2, -0.15) is 0 Å². The molecule has 0 aliphatic carbocycles. The number of thiophene rings is 1. The van der Waals surface area contributed by atoms with Gasteiger partial charge in [-0.1, -0.05) is 0 Å². The summed E-state index contributed by atoms with van der Waals surface area (Å²) in [6.45, 7) is 4.61. The third-order valence-corrected chi connectivity index (χ3v) is 3.73. The lowest BCUT2D eigenvalue weighted by Crippen LogP contribution is -2.41. The van der Waals surface area contributed by atoms with Crippen LogP contribution in [0.5, 0.6) is 0 Å². The van der Waals surface area contributed by atoms with Gasteiger partial charge in [0.15, 0.2) is 0 Å². The molecular weight excluding hydrogens is 226 g/mol. The third kappa shape index (κ3) is 2.42. The number of carbonyl (C=O) groups is 1. The minimum Gasteiger partial charge on any atom is -0.480 e. The van der Waals surface area contributed by atoms with Gasteiger partial charge >= 0.3 is 5.97 Å². The molecule has 0 radical (unpaired) electrons. The third-order valence-electron chi connectivity index (χ3n) is 2.68. The molecular formula is C11H15NO3S. The van der Waals surface area contributed by atoms with Crippen molar-refractivity contribution in [1.29, 1.82) is 0 Å². The zero-order chi connectivity index (χ0) is 11.5. The summed E-state index contributed by atoms with van der Waals surface area (Å²) in [5, 5.41) is 9.31. The zero-order valence-corrected chi connectivity index (χ0v) is 10.00. The van der Waals surface area contributed by atoms with Gasteiger partial charge in [0.2, 0.25) is 0 Å². The molecule has 1 unspecified atom stereocenters. The van der Waals surface area contributed by atoms with Crippen molar-refractivity contribution < 1.29 is 14.6 Å². The fourth-order valence-electron chi connectivity index (χ4n) is 1.89. The van der Waals surface area contributed by atoms with Crippen LogP contribution in [0.4, 0.5) is 0 Å². The van der Waals surface area contributed by atoms with Crippen LogP contribution < -0.4 is 0 Å². The van der Waals surface area contributed by atoms with E-state index >= 15 is 0 Å². The predicted octanol–water partition coefficient (Wildman–Crippen LogP) is 1.51. The summed E-state index contributed by atoms with van der Waals surface area (Å²) >= 11 is 1.55. The van der Waals surface area contributed by atoms with Crippen LogP contribution in [0.3, 0.4) is 0 Å². The van der Waals surface area contributed by atoms with Crippen LogP contribution in [0.25, 0.3) is 0 Å². The van der Waals surface area contributed by atoms with Crippen LogP contribution in [0.2, 0.25) is 0 Å². The van der Waals surface area contributed by atoms with Gasteiger partial charge in [0.1, 0.15) is 6.04 Å². The molecule has 1 aromatic heterocycles. The van der Waals surface area contributed by atoms with E-state index in [0.717, 1.165) is 9.75 Å². The van der Waals surface area contributed by atoms with Crippen molar-refractivity contribution >= 4 is 17.3 Å². The smallest absolute Gasteiger partial charge is 0.326 e. The van der Waals surface area contributed by atoms with Crippen LogP contribution in [-0.2, 0) is 9.53 Å². The van der Waals surface area contributed by atoms with Crippen molar-refractivity contribution in [3.05, 3.63) is 21.9 Å². The van der Waals surface area contributed by atoms with Crippen LogP contribution in [0, 0.1) is 6.92 Å². The largest absolute Gasteiger partial charge is 0.480 e. The first kappa shape index (κ1) is 11.6. The molecule has 16 heavy (non-hydrogen) atoms. The summed E-state index contributed by atoms with van der Waals surface area (Å²) in [5.74, 6) is -0.774. The maximum atomic E-state index is 11.3. The summed E-state index contributed by atoms with van der Waals surface area (Å²) in [6, 6.07) is 3.37. The predicted molar refractivity (Wildman–Crippen MR) is 61.8 cm³/mol. The maximum Gasteiger partial charge on any atom is 0.326 e. The second-order valence-electron chi connectivity index (χ2n) is 3.84. The van der Waals surface area contributed by atoms with Gasteiger partial charge in [-0.15, -0.1) is 11.3 Å². The number of carboxylic acids is 1. The van der Waals surface area contributed by atoms with E-state index in [4.69, 9.17) is 4.74 Å². The maximum absolute atomic E-state index is 11.3. The fourth-order valence-corrected chi connectivity index (χ4v) is 2.90. The molecule has 0 bridgehead atoms. The van der Waals surface area contributed by atoms with E-state index < -0.39 is 12.0 Å². The molecule has 5 heteroatoms. The molecule has 0 amide bonds. The Hall–Kier alpha value is -0.910. The molecule has 1 aromatic rings. The Labute approximate surface area is 98.4 Å². The lowest BCUT2D eigenvalue weighted by atomic mass is 10.2. The molecule has 2 rings (SSSR count). The topological polar surface area (TPSA) is 49.8 Å². The number of hydrogen-bond acceptors (Lipinski definition) is 4. The minimum atomic E-state index is -0.774. The van der Waals surface area contributed by atoms with E-state index in [1.165, 1.54) is 0 Å². The van der Waals surface area contributed by atoms with E-state index in [2.05, 4.69) is 0 Å². The molecule has 88 valence electrons.